The van der Waals surface area contributed by atoms with Crippen molar-refractivity contribution >= 4 is 11.7 Å². The monoisotopic (exact) mass is 360 g/mol. The summed E-state index contributed by atoms with van der Waals surface area (Å²) in [5.41, 5.74) is 0.955. The van der Waals surface area contributed by atoms with Gasteiger partial charge in [0.25, 0.3) is 0 Å². The molecule has 1 aromatic carbocycles. The highest BCUT2D eigenvalue weighted by Gasteiger charge is 2.45. The molecule has 0 radical (unpaired) electrons. The maximum atomic E-state index is 12.2. The summed E-state index contributed by atoms with van der Waals surface area (Å²) in [5.74, 6) is 0.338. The number of benzene rings is 1. The Labute approximate surface area is 156 Å². The summed E-state index contributed by atoms with van der Waals surface area (Å²) in [4.78, 5) is 17.0. The van der Waals surface area contributed by atoms with Crippen LogP contribution < -0.4 is 4.90 Å². The Kier molecular flexibility index (Phi) is 6.07. The van der Waals surface area contributed by atoms with E-state index in [1.807, 2.05) is 12.1 Å². The SMILES string of the molecule is CCC1(CC)CC(CCCN2CCN(c3ccc(O)cc3)CC2)OC1=O. The zero-order valence-corrected chi connectivity index (χ0v) is 16.1. The quantitative estimate of drug-likeness (QED) is 0.755. The molecule has 5 nitrogen and oxygen atoms in total. The van der Waals surface area contributed by atoms with Gasteiger partial charge in [0.2, 0.25) is 0 Å². The molecule has 0 bridgehead atoms. The summed E-state index contributed by atoms with van der Waals surface area (Å²) in [6.45, 7) is 9.40. The van der Waals surface area contributed by atoms with Gasteiger partial charge in [-0.25, -0.2) is 0 Å². The van der Waals surface area contributed by atoms with Crippen LogP contribution in [-0.4, -0.2) is 54.8 Å². The third-order valence-corrected chi connectivity index (χ3v) is 6.27. The molecule has 2 fully saturated rings. The Hall–Kier alpha value is -1.75. The van der Waals surface area contributed by atoms with E-state index < -0.39 is 0 Å². The van der Waals surface area contributed by atoms with Gasteiger partial charge in [0.15, 0.2) is 0 Å². The lowest BCUT2D eigenvalue weighted by Gasteiger charge is -2.36. The molecule has 0 aliphatic carbocycles. The van der Waals surface area contributed by atoms with E-state index in [9.17, 15) is 9.90 Å². The maximum Gasteiger partial charge on any atom is 0.312 e. The molecular weight excluding hydrogens is 328 g/mol. The van der Waals surface area contributed by atoms with Crippen molar-refractivity contribution in [2.24, 2.45) is 5.41 Å². The number of hydrogen-bond acceptors (Lipinski definition) is 5. The number of rotatable bonds is 7. The number of cyclic esters (lactones) is 1. The van der Waals surface area contributed by atoms with Crippen molar-refractivity contribution in [3.63, 3.8) is 0 Å². The Morgan fingerprint density at radius 1 is 1.12 bits per heavy atom. The number of esters is 1. The van der Waals surface area contributed by atoms with Gasteiger partial charge in [-0.15, -0.1) is 0 Å². The first-order valence-corrected chi connectivity index (χ1v) is 10.0. The van der Waals surface area contributed by atoms with Gasteiger partial charge in [-0.05, 0) is 56.5 Å². The molecule has 1 aromatic rings. The van der Waals surface area contributed by atoms with Crippen LogP contribution in [0.3, 0.4) is 0 Å². The van der Waals surface area contributed by atoms with Crippen LogP contribution in [0.4, 0.5) is 5.69 Å². The molecule has 2 aliphatic heterocycles. The van der Waals surface area contributed by atoms with Crippen LogP contribution in [-0.2, 0) is 9.53 Å². The first-order valence-electron chi connectivity index (χ1n) is 10.0. The van der Waals surface area contributed by atoms with Crippen molar-refractivity contribution in [3.8, 4) is 5.75 Å². The summed E-state index contributed by atoms with van der Waals surface area (Å²) < 4.78 is 5.65. The Morgan fingerprint density at radius 2 is 1.77 bits per heavy atom. The predicted molar refractivity (Wildman–Crippen MR) is 104 cm³/mol. The lowest BCUT2D eigenvalue weighted by atomic mass is 9.79. The van der Waals surface area contributed by atoms with Crippen LogP contribution in [0.25, 0.3) is 0 Å². The fraction of sp³-hybridized carbons (Fsp3) is 0.667. The summed E-state index contributed by atoms with van der Waals surface area (Å²) in [6.07, 6.45) is 4.84. The molecule has 0 spiro atoms. The third kappa shape index (κ3) is 4.14. The zero-order valence-electron chi connectivity index (χ0n) is 16.1. The number of phenolic OH excluding ortho intramolecular Hbond substituents is 1. The van der Waals surface area contributed by atoms with Crippen LogP contribution in [0.2, 0.25) is 0 Å². The fourth-order valence-corrected chi connectivity index (χ4v) is 4.26. The first kappa shape index (κ1) is 19.0. The molecule has 2 saturated heterocycles. The normalized spacial score (nSPS) is 23.2. The summed E-state index contributed by atoms with van der Waals surface area (Å²) >= 11 is 0. The minimum atomic E-state index is -0.222. The number of piperazine rings is 1. The van der Waals surface area contributed by atoms with Gasteiger partial charge in [0.1, 0.15) is 11.9 Å². The van der Waals surface area contributed by atoms with E-state index in [0.717, 1.165) is 64.8 Å². The van der Waals surface area contributed by atoms with Gasteiger partial charge >= 0.3 is 5.97 Å². The molecule has 3 rings (SSSR count). The molecule has 1 N–H and O–H groups in total. The predicted octanol–water partition coefficient (Wildman–Crippen LogP) is 3.42. The van der Waals surface area contributed by atoms with Crippen molar-refractivity contribution in [1.82, 2.24) is 4.90 Å². The second-order valence-electron chi connectivity index (χ2n) is 7.71. The highest BCUT2D eigenvalue weighted by molar-refractivity contribution is 5.78. The molecule has 144 valence electrons. The molecule has 1 atom stereocenters. The summed E-state index contributed by atoms with van der Waals surface area (Å²) in [7, 11) is 0. The number of carbonyl (C=O) groups excluding carboxylic acids is 1. The van der Waals surface area contributed by atoms with Crippen LogP contribution in [0, 0.1) is 5.41 Å². The van der Waals surface area contributed by atoms with Gasteiger partial charge in [0.05, 0.1) is 5.41 Å². The van der Waals surface area contributed by atoms with Crippen molar-refractivity contribution in [1.29, 1.82) is 0 Å². The topological polar surface area (TPSA) is 53.0 Å². The van der Waals surface area contributed by atoms with E-state index in [1.54, 1.807) is 12.1 Å². The molecular formula is C21H32N2O3. The fourth-order valence-electron chi connectivity index (χ4n) is 4.26. The highest BCUT2D eigenvalue weighted by Crippen LogP contribution is 2.41. The molecule has 0 aromatic heterocycles. The van der Waals surface area contributed by atoms with Gasteiger partial charge in [0, 0.05) is 38.3 Å². The Balaban J connectivity index is 1.38. The smallest absolute Gasteiger partial charge is 0.312 e. The average molecular weight is 360 g/mol. The first-order chi connectivity index (χ1) is 12.6. The largest absolute Gasteiger partial charge is 0.508 e. The number of phenols is 1. The van der Waals surface area contributed by atoms with Crippen LogP contribution in [0.1, 0.15) is 46.0 Å². The second kappa shape index (κ2) is 8.30. The number of anilines is 1. The molecule has 1 unspecified atom stereocenters. The Morgan fingerprint density at radius 3 is 2.35 bits per heavy atom. The van der Waals surface area contributed by atoms with Crippen molar-refractivity contribution in [2.45, 2.75) is 52.1 Å². The molecule has 2 aliphatic rings. The lowest BCUT2D eigenvalue weighted by molar-refractivity contribution is -0.149. The second-order valence-corrected chi connectivity index (χ2v) is 7.71. The summed E-state index contributed by atoms with van der Waals surface area (Å²) in [5, 5.41) is 9.41. The van der Waals surface area contributed by atoms with E-state index >= 15 is 0 Å². The number of carbonyl (C=O) groups is 1. The van der Waals surface area contributed by atoms with Crippen LogP contribution >= 0.6 is 0 Å². The number of ether oxygens (including phenoxy) is 1. The van der Waals surface area contributed by atoms with Gasteiger partial charge in [-0.1, -0.05) is 13.8 Å². The summed E-state index contributed by atoms with van der Waals surface area (Å²) in [6, 6.07) is 7.45. The van der Waals surface area contributed by atoms with E-state index in [4.69, 9.17) is 4.74 Å². The van der Waals surface area contributed by atoms with Crippen LogP contribution in [0.5, 0.6) is 5.75 Å². The minimum absolute atomic E-state index is 0.0232. The van der Waals surface area contributed by atoms with E-state index in [2.05, 4.69) is 23.6 Å². The number of aromatic hydroxyl groups is 1. The van der Waals surface area contributed by atoms with Crippen LogP contribution in [0.15, 0.2) is 24.3 Å². The molecule has 26 heavy (non-hydrogen) atoms. The Bertz CT molecular complexity index is 590. The van der Waals surface area contributed by atoms with Gasteiger partial charge in [-0.3, -0.25) is 9.69 Å². The average Bonchev–Trinajstić information content (AvgIpc) is 2.99. The molecule has 5 heteroatoms. The molecule has 0 amide bonds. The molecule has 0 saturated carbocycles. The van der Waals surface area contributed by atoms with Gasteiger partial charge < -0.3 is 14.7 Å². The van der Waals surface area contributed by atoms with Crippen molar-refractivity contribution in [3.05, 3.63) is 24.3 Å². The van der Waals surface area contributed by atoms with E-state index in [-0.39, 0.29) is 17.5 Å². The van der Waals surface area contributed by atoms with E-state index in [1.165, 1.54) is 5.69 Å². The van der Waals surface area contributed by atoms with Crippen molar-refractivity contribution < 1.29 is 14.6 Å². The highest BCUT2D eigenvalue weighted by atomic mass is 16.6. The third-order valence-electron chi connectivity index (χ3n) is 6.27. The zero-order chi connectivity index (χ0) is 18.6. The van der Waals surface area contributed by atoms with Gasteiger partial charge in [-0.2, -0.15) is 0 Å². The maximum absolute atomic E-state index is 12.2. The molecule has 2 heterocycles. The lowest BCUT2D eigenvalue weighted by Crippen LogP contribution is -2.46. The standard InChI is InChI=1S/C21H32N2O3/c1-3-21(4-2)16-19(26-20(21)25)6-5-11-22-12-14-23(15-13-22)17-7-9-18(24)10-8-17/h7-10,19,24H,3-6,11-16H2,1-2H3. The minimum Gasteiger partial charge on any atom is -0.508 e. The van der Waals surface area contributed by atoms with Crippen molar-refractivity contribution in [2.75, 3.05) is 37.6 Å². The number of nitrogens with zero attached hydrogens (tertiary/aromatic N) is 2. The van der Waals surface area contributed by atoms with E-state index in [0.29, 0.717) is 5.75 Å². The number of hydrogen-bond donors (Lipinski definition) is 1.